The summed E-state index contributed by atoms with van der Waals surface area (Å²) >= 11 is 0. The van der Waals surface area contributed by atoms with Gasteiger partial charge in [0, 0.05) is 67.1 Å². The standard InChI is InChI=1S/C66H62N2O2/c1-39(2)51-37-57(67(41-21-13-11-14-22-41)55-31-19-27-47-45-25-17-29-53(65(5,6)7)61(45)69-63(47)55)49-36-34-44-52(40(3)4)38-58(50-35-33-43(51)59(49)60(44)50)68(42-23-15-12-16-24-42)56-32-20-28-48-46-26-18-30-54(66(8,9)10)62(46)70-64(48)56/h11-40,49,59H,1-10H3. The van der Waals surface area contributed by atoms with E-state index in [4.69, 9.17) is 8.83 Å². The molecule has 0 radical (unpaired) electrons. The Morgan fingerprint density at radius 3 is 1.49 bits per heavy atom. The fraction of sp³-hybridized carbons (Fsp3) is 0.242. The molecule has 12 rings (SSSR count). The van der Waals surface area contributed by atoms with E-state index in [0.717, 1.165) is 72.3 Å². The van der Waals surface area contributed by atoms with Gasteiger partial charge >= 0.3 is 0 Å². The van der Waals surface area contributed by atoms with E-state index in [2.05, 4.69) is 249 Å². The average molecular weight is 915 g/mol. The van der Waals surface area contributed by atoms with E-state index in [1.54, 1.807) is 0 Å². The second-order valence-corrected chi connectivity index (χ2v) is 22.4. The number of nitrogens with zero attached hydrogens (tertiary/aromatic N) is 2. The van der Waals surface area contributed by atoms with Crippen LogP contribution in [0.15, 0.2) is 183 Å². The molecule has 0 spiro atoms. The average Bonchev–Trinajstić information content (AvgIpc) is 3.93. The van der Waals surface area contributed by atoms with Crippen LogP contribution in [-0.4, -0.2) is 0 Å². The Balaban J connectivity index is 1.11. The van der Waals surface area contributed by atoms with E-state index >= 15 is 0 Å². The minimum atomic E-state index is -0.0891. The van der Waals surface area contributed by atoms with Gasteiger partial charge in [-0.05, 0) is 99.0 Å². The molecule has 70 heavy (non-hydrogen) atoms. The first-order chi connectivity index (χ1) is 33.7. The topological polar surface area (TPSA) is 32.8 Å². The highest BCUT2D eigenvalue weighted by Gasteiger charge is 2.43. The third kappa shape index (κ3) is 6.77. The molecule has 0 bridgehead atoms. The lowest BCUT2D eigenvalue weighted by Gasteiger charge is -2.45. The van der Waals surface area contributed by atoms with Gasteiger partial charge in [-0.15, -0.1) is 0 Å². The molecule has 0 aliphatic heterocycles. The van der Waals surface area contributed by atoms with E-state index in [9.17, 15) is 0 Å². The van der Waals surface area contributed by atoms with Gasteiger partial charge in [-0.1, -0.05) is 191 Å². The molecule has 3 aliphatic rings. The van der Waals surface area contributed by atoms with Crippen molar-refractivity contribution in [3.63, 3.8) is 0 Å². The van der Waals surface area contributed by atoms with Crippen LogP contribution < -0.4 is 9.80 Å². The summed E-state index contributed by atoms with van der Waals surface area (Å²) < 4.78 is 14.3. The van der Waals surface area contributed by atoms with Gasteiger partial charge in [0.05, 0.1) is 17.1 Å². The molecule has 0 saturated heterocycles. The van der Waals surface area contributed by atoms with Crippen LogP contribution in [0.5, 0.6) is 0 Å². The van der Waals surface area contributed by atoms with Crippen molar-refractivity contribution in [2.24, 2.45) is 11.8 Å². The minimum absolute atomic E-state index is 0.0220. The number of fused-ring (bicyclic) bond motifs is 6. The Bertz CT molecular complexity index is 3690. The summed E-state index contributed by atoms with van der Waals surface area (Å²) in [6.07, 6.45) is 12.3. The van der Waals surface area contributed by atoms with Crippen LogP contribution in [-0.2, 0) is 10.8 Å². The zero-order valence-electron chi connectivity index (χ0n) is 42.2. The second kappa shape index (κ2) is 16.1. The summed E-state index contributed by atoms with van der Waals surface area (Å²) in [6.45, 7) is 23.0. The third-order valence-corrected chi connectivity index (χ3v) is 15.2. The van der Waals surface area contributed by atoms with Crippen molar-refractivity contribution in [1.29, 1.82) is 0 Å². The second-order valence-electron chi connectivity index (χ2n) is 22.4. The number of hydrogen-bond donors (Lipinski definition) is 0. The SMILES string of the molecule is CC(C)C1=C2C=Cc3c(N(c4ccccc4)c4cccc5c4oc4c(C(C)(C)C)cccc45)cc(C(C)C)c4c3C2C(C=C4)C(N(c2ccccc2)c2cccc3c2oc2c(C(C)(C)C)cccc23)=C1. The van der Waals surface area contributed by atoms with Crippen LogP contribution in [0.25, 0.3) is 56.0 Å². The third-order valence-electron chi connectivity index (χ3n) is 15.2. The molecule has 0 saturated carbocycles. The molecule has 4 heteroatoms. The molecule has 9 aromatic rings. The van der Waals surface area contributed by atoms with Crippen molar-refractivity contribution in [2.75, 3.05) is 9.80 Å². The molecule has 0 fully saturated rings. The first-order valence-corrected chi connectivity index (χ1v) is 25.3. The predicted molar refractivity (Wildman–Crippen MR) is 296 cm³/mol. The summed E-state index contributed by atoms with van der Waals surface area (Å²) in [5.74, 6) is 0.629. The molecule has 348 valence electrons. The first kappa shape index (κ1) is 43.9. The van der Waals surface area contributed by atoms with E-state index in [1.165, 1.54) is 50.2 Å². The Morgan fingerprint density at radius 2 is 0.971 bits per heavy atom. The number of hydrogen-bond acceptors (Lipinski definition) is 4. The fourth-order valence-electron chi connectivity index (χ4n) is 11.9. The lowest BCUT2D eigenvalue weighted by molar-refractivity contribution is 0.571. The van der Waals surface area contributed by atoms with Crippen molar-refractivity contribution in [2.45, 2.75) is 91.9 Å². The molecule has 4 nitrogen and oxygen atoms in total. The molecular weight excluding hydrogens is 853 g/mol. The fourth-order valence-corrected chi connectivity index (χ4v) is 11.9. The molecule has 3 aliphatic carbocycles. The van der Waals surface area contributed by atoms with E-state index in [1.807, 2.05) is 0 Å². The highest BCUT2D eigenvalue weighted by molar-refractivity contribution is 6.12. The summed E-state index contributed by atoms with van der Waals surface area (Å²) in [4.78, 5) is 4.99. The van der Waals surface area contributed by atoms with Gasteiger partial charge in [0.15, 0.2) is 11.2 Å². The maximum Gasteiger partial charge on any atom is 0.159 e. The largest absolute Gasteiger partial charge is 0.454 e. The monoisotopic (exact) mass is 914 g/mol. The quantitative estimate of drug-likeness (QED) is 0.152. The van der Waals surface area contributed by atoms with Gasteiger partial charge in [-0.25, -0.2) is 0 Å². The number of allylic oxidation sites excluding steroid dienone is 5. The van der Waals surface area contributed by atoms with E-state index in [-0.39, 0.29) is 34.5 Å². The highest BCUT2D eigenvalue weighted by Crippen LogP contribution is 2.58. The first-order valence-electron chi connectivity index (χ1n) is 25.3. The number of benzene rings is 7. The molecule has 2 unspecified atom stereocenters. The maximum atomic E-state index is 7.17. The Labute approximate surface area is 412 Å². The van der Waals surface area contributed by atoms with Gasteiger partial charge in [0.1, 0.15) is 11.2 Å². The Hall–Kier alpha value is -7.30. The molecule has 0 N–H and O–H groups in total. The molecule has 2 heterocycles. The van der Waals surface area contributed by atoms with Crippen LogP contribution in [0, 0.1) is 11.8 Å². The highest BCUT2D eigenvalue weighted by atomic mass is 16.3. The molecule has 0 amide bonds. The lowest BCUT2D eigenvalue weighted by atomic mass is 9.63. The number of furan rings is 2. The molecule has 2 atom stereocenters. The van der Waals surface area contributed by atoms with Gasteiger partial charge in [0.2, 0.25) is 0 Å². The van der Waals surface area contributed by atoms with Crippen molar-refractivity contribution in [3.05, 3.63) is 208 Å². The zero-order valence-corrected chi connectivity index (χ0v) is 42.2. The van der Waals surface area contributed by atoms with Crippen molar-refractivity contribution >= 4 is 84.5 Å². The smallest absolute Gasteiger partial charge is 0.159 e. The summed E-state index contributed by atoms with van der Waals surface area (Å²) in [6, 6.07) is 50.9. The van der Waals surface area contributed by atoms with Crippen molar-refractivity contribution < 1.29 is 8.83 Å². The minimum Gasteiger partial charge on any atom is -0.454 e. The maximum absolute atomic E-state index is 7.17. The summed E-state index contributed by atoms with van der Waals surface area (Å²) in [5, 5.41) is 4.55. The van der Waals surface area contributed by atoms with Crippen molar-refractivity contribution in [3.8, 4) is 0 Å². The van der Waals surface area contributed by atoms with Crippen LogP contribution in [0.1, 0.15) is 114 Å². The van der Waals surface area contributed by atoms with Crippen LogP contribution >= 0.6 is 0 Å². The Kier molecular flexibility index (Phi) is 10.1. The molecular formula is C66H62N2O2. The zero-order chi connectivity index (χ0) is 48.4. The van der Waals surface area contributed by atoms with Gasteiger partial charge in [-0.2, -0.15) is 0 Å². The van der Waals surface area contributed by atoms with Crippen molar-refractivity contribution in [1.82, 2.24) is 0 Å². The summed E-state index contributed by atoms with van der Waals surface area (Å²) in [5.41, 5.74) is 20.7. The number of anilines is 5. The van der Waals surface area contributed by atoms with Gasteiger partial charge in [-0.3, -0.25) is 0 Å². The lowest BCUT2D eigenvalue weighted by Crippen LogP contribution is -2.33. The Morgan fingerprint density at radius 1 is 0.471 bits per heavy atom. The molecule has 7 aromatic carbocycles. The normalized spacial score (nSPS) is 16.6. The van der Waals surface area contributed by atoms with E-state index in [0.29, 0.717) is 0 Å². The number of para-hydroxylation sites is 6. The van der Waals surface area contributed by atoms with Crippen LogP contribution in [0.2, 0.25) is 0 Å². The van der Waals surface area contributed by atoms with Gasteiger partial charge < -0.3 is 18.6 Å². The van der Waals surface area contributed by atoms with Gasteiger partial charge in [0.25, 0.3) is 0 Å². The van der Waals surface area contributed by atoms with Crippen LogP contribution in [0.3, 0.4) is 0 Å². The van der Waals surface area contributed by atoms with Crippen LogP contribution in [0.4, 0.5) is 28.4 Å². The van der Waals surface area contributed by atoms with E-state index < -0.39 is 0 Å². The predicted octanol–water partition coefficient (Wildman–Crippen LogP) is 19.1. The number of rotatable bonds is 8. The molecule has 2 aromatic heterocycles. The summed E-state index contributed by atoms with van der Waals surface area (Å²) in [7, 11) is 0.